The number of rotatable bonds is 13. The molecule has 4 aromatic rings. The zero-order chi connectivity index (χ0) is 33.2. The van der Waals surface area contributed by atoms with Crippen LogP contribution >= 0.6 is 0 Å². The van der Waals surface area contributed by atoms with Crippen LogP contribution in [0.15, 0.2) is 109 Å². The first-order chi connectivity index (χ1) is 22.8. The minimum Gasteiger partial charge on any atom is -0.497 e. The molecule has 1 saturated carbocycles. The Balaban J connectivity index is 1.33. The highest BCUT2D eigenvalue weighted by atomic mass is 16.5. The van der Waals surface area contributed by atoms with E-state index in [1.54, 1.807) is 43.3 Å². The third-order valence-electron chi connectivity index (χ3n) is 9.61. The fraction of sp³-hybridized carbons (Fsp3) is 0.350. The van der Waals surface area contributed by atoms with Gasteiger partial charge in [0.2, 0.25) is 0 Å². The van der Waals surface area contributed by atoms with E-state index in [4.69, 9.17) is 4.74 Å². The van der Waals surface area contributed by atoms with Crippen molar-refractivity contribution in [2.45, 2.75) is 69.2 Å². The van der Waals surface area contributed by atoms with E-state index >= 15 is 0 Å². The number of hydrogen-bond acceptors (Lipinski definition) is 5. The Bertz CT molecular complexity index is 1600. The van der Waals surface area contributed by atoms with Crippen molar-refractivity contribution in [1.29, 1.82) is 0 Å². The topological polar surface area (TPSA) is 90.9 Å². The third-order valence-corrected chi connectivity index (χ3v) is 9.61. The first kappa shape index (κ1) is 33.9. The van der Waals surface area contributed by atoms with Crippen LogP contribution in [0.25, 0.3) is 0 Å². The molecule has 0 aliphatic heterocycles. The lowest BCUT2D eigenvalue weighted by Crippen LogP contribution is -2.53. The highest BCUT2D eigenvalue weighted by molar-refractivity contribution is 5.99. The zero-order valence-corrected chi connectivity index (χ0v) is 27.7. The van der Waals surface area contributed by atoms with E-state index in [-0.39, 0.29) is 23.4 Å². The molecular formula is C40H47N3O4. The van der Waals surface area contributed by atoms with Crippen molar-refractivity contribution in [2.24, 2.45) is 0 Å². The van der Waals surface area contributed by atoms with Crippen molar-refractivity contribution in [3.05, 3.63) is 137 Å². The molecule has 3 atom stereocenters. The Hall–Kier alpha value is -4.46. The molecular weight excluding hydrogens is 586 g/mol. The van der Waals surface area contributed by atoms with Gasteiger partial charge in [-0.3, -0.25) is 9.59 Å². The van der Waals surface area contributed by atoms with Crippen LogP contribution in [0.2, 0.25) is 0 Å². The molecule has 3 N–H and O–H groups in total. The van der Waals surface area contributed by atoms with Crippen molar-refractivity contribution >= 4 is 11.8 Å². The average Bonchev–Trinajstić information content (AvgIpc) is 3.13. The Kier molecular flexibility index (Phi) is 11.5. The molecule has 0 bridgehead atoms. The summed E-state index contributed by atoms with van der Waals surface area (Å²) in [7, 11) is 3.45. The Labute approximate surface area is 279 Å². The summed E-state index contributed by atoms with van der Waals surface area (Å²) >= 11 is 0. The Morgan fingerprint density at radius 3 is 2.21 bits per heavy atom. The molecule has 0 radical (unpaired) electrons. The molecule has 2 amide bonds. The predicted octanol–water partition coefficient (Wildman–Crippen LogP) is 6.68. The van der Waals surface area contributed by atoms with Gasteiger partial charge in [-0.1, -0.05) is 98.1 Å². The van der Waals surface area contributed by atoms with Crippen LogP contribution in [-0.2, 0) is 12.0 Å². The number of hydrogen-bond donors (Lipinski definition) is 3. The summed E-state index contributed by atoms with van der Waals surface area (Å²) < 4.78 is 5.53. The monoisotopic (exact) mass is 633 g/mol. The van der Waals surface area contributed by atoms with Gasteiger partial charge in [-0.2, -0.15) is 0 Å². The standard InChI is InChI=1S/C40H47N3O4/c1-29(31-17-9-5-10-18-31)43(2)39(46)33-20-13-19-32(26-33)38(45)42-36(25-30-15-7-4-8-16-30)37(44)28-41-40(23-11-6-12-24-40)34-21-14-22-35(27-34)47-3/h4-5,7-10,13-22,26-27,29,36-37,41,44H,6,11-12,23-25,28H2,1-3H3,(H,42,45)/t29-,36+,37-/m1/s1. The van der Waals surface area contributed by atoms with Gasteiger partial charge in [0, 0.05) is 30.3 Å². The lowest BCUT2D eigenvalue weighted by molar-refractivity contribution is 0.0742. The first-order valence-corrected chi connectivity index (χ1v) is 16.6. The molecule has 0 spiro atoms. The number of ether oxygens (including phenoxy) is 1. The van der Waals surface area contributed by atoms with E-state index in [9.17, 15) is 14.7 Å². The van der Waals surface area contributed by atoms with E-state index < -0.39 is 12.1 Å². The maximum atomic E-state index is 13.7. The predicted molar refractivity (Wildman–Crippen MR) is 187 cm³/mol. The van der Waals surface area contributed by atoms with Gasteiger partial charge in [0.25, 0.3) is 11.8 Å². The van der Waals surface area contributed by atoms with Gasteiger partial charge in [0.05, 0.1) is 25.3 Å². The van der Waals surface area contributed by atoms with Crippen LogP contribution in [0.4, 0.5) is 0 Å². The maximum Gasteiger partial charge on any atom is 0.254 e. The second-order valence-corrected chi connectivity index (χ2v) is 12.7. The third kappa shape index (κ3) is 8.47. The van der Waals surface area contributed by atoms with Crippen molar-refractivity contribution in [3.63, 3.8) is 0 Å². The van der Waals surface area contributed by atoms with E-state index in [0.717, 1.165) is 48.1 Å². The first-order valence-electron chi connectivity index (χ1n) is 16.6. The second kappa shape index (κ2) is 15.9. The SMILES string of the molecule is COc1cccc(C2(NC[C@@H](O)[C@H](Cc3ccccc3)NC(=O)c3cccc(C(=O)N(C)[C@H](C)c4ccccc4)c3)CCCCC2)c1. The van der Waals surface area contributed by atoms with Crippen molar-refractivity contribution in [3.8, 4) is 5.75 Å². The molecule has 47 heavy (non-hydrogen) atoms. The van der Waals surface area contributed by atoms with Crippen LogP contribution < -0.4 is 15.4 Å². The zero-order valence-electron chi connectivity index (χ0n) is 27.7. The van der Waals surface area contributed by atoms with Gasteiger partial charge in [0.1, 0.15) is 5.75 Å². The van der Waals surface area contributed by atoms with Gasteiger partial charge in [0.15, 0.2) is 0 Å². The number of aliphatic hydroxyl groups excluding tert-OH is 1. The fourth-order valence-corrected chi connectivity index (χ4v) is 6.62. The molecule has 0 unspecified atom stereocenters. The van der Waals surface area contributed by atoms with Crippen LogP contribution in [-0.4, -0.2) is 54.7 Å². The second-order valence-electron chi connectivity index (χ2n) is 12.7. The number of amides is 2. The summed E-state index contributed by atoms with van der Waals surface area (Å²) in [4.78, 5) is 28.9. The molecule has 4 aromatic carbocycles. The number of aliphatic hydroxyl groups is 1. The Morgan fingerprint density at radius 1 is 0.851 bits per heavy atom. The molecule has 0 aromatic heterocycles. The lowest BCUT2D eigenvalue weighted by atomic mass is 9.76. The maximum absolute atomic E-state index is 13.7. The molecule has 246 valence electrons. The van der Waals surface area contributed by atoms with Gasteiger partial charge < -0.3 is 25.4 Å². The molecule has 0 saturated heterocycles. The minimum atomic E-state index is -0.869. The number of nitrogens with zero attached hydrogens (tertiary/aromatic N) is 1. The number of methoxy groups -OCH3 is 1. The normalized spacial score (nSPS) is 16.0. The van der Waals surface area contributed by atoms with Gasteiger partial charge >= 0.3 is 0 Å². The summed E-state index contributed by atoms with van der Waals surface area (Å²) in [5, 5.41) is 18.5. The summed E-state index contributed by atoms with van der Waals surface area (Å²) in [5.74, 6) is 0.306. The van der Waals surface area contributed by atoms with Crippen molar-refractivity contribution < 1.29 is 19.4 Å². The summed E-state index contributed by atoms with van der Waals surface area (Å²) in [6.07, 6.45) is 4.88. The molecule has 7 heteroatoms. The molecule has 5 rings (SSSR count). The minimum absolute atomic E-state index is 0.136. The molecule has 7 nitrogen and oxygen atoms in total. The van der Waals surface area contributed by atoms with Crippen molar-refractivity contribution in [1.82, 2.24) is 15.5 Å². The average molecular weight is 634 g/mol. The molecule has 1 fully saturated rings. The van der Waals surface area contributed by atoms with E-state index in [0.29, 0.717) is 24.1 Å². The van der Waals surface area contributed by atoms with E-state index in [1.807, 2.05) is 79.7 Å². The van der Waals surface area contributed by atoms with Gasteiger partial charge in [-0.25, -0.2) is 0 Å². The van der Waals surface area contributed by atoms with Crippen LogP contribution in [0, 0.1) is 0 Å². The van der Waals surface area contributed by atoms with Crippen molar-refractivity contribution in [2.75, 3.05) is 20.7 Å². The summed E-state index contributed by atoms with van der Waals surface area (Å²) in [6.45, 7) is 2.29. The number of carbonyl (C=O) groups excluding carboxylic acids is 2. The lowest BCUT2D eigenvalue weighted by Gasteiger charge is -2.40. The van der Waals surface area contributed by atoms with Gasteiger partial charge in [-0.15, -0.1) is 0 Å². The van der Waals surface area contributed by atoms with Gasteiger partial charge in [-0.05, 0) is 73.2 Å². The Morgan fingerprint density at radius 2 is 1.51 bits per heavy atom. The molecule has 0 heterocycles. The highest BCUT2D eigenvalue weighted by Crippen LogP contribution is 2.38. The number of benzene rings is 4. The molecule has 1 aliphatic carbocycles. The quantitative estimate of drug-likeness (QED) is 0.153. The number of carbonyl (C=O) groups is 2. The summed E-state index contributed by atoms with van der Waals surface area (Å²) in [5.41, 5.74) is 3.72. The van der Waals surface area contributed by atoms with Crippen LogP contribution in [0.1, 0.15) is 82.5 Å². The van der Waals surface area contributed by atoms with E-state index in [1.165, 1.54) is 6.42 Å². The molecule has 1 aliphatic rings. The smallest absolute Gasteiger partial charge is 0.254 e. The van der Waals surface area contributed by atoms with Crippen LogP contribution in [0.5, 0.6) is 5.75 Å². The summed E-state index contributed by atoms with van der Waals surface area (Å²) in [6, 6.07) is 34.0. The highest BCUT2D eigenvalue weighted by Gasteiger charge is 2.35. The van der Waals surface area contributed by atoms with E-state index in [2.05, 4.69) is 22.8 Å². The van der Waals surface area contributed by atoms with Crippen LogP contribution in [0.3, 0.4) is 0 Å². The fourth-order valence-electron chi connectivity index (χ4n) is 6.62. The number of nitrogens with one attached hydrogen (secondary N) is 2. The largest absolute Gasteiger partial charge is 0.497 e.